The second kappa shape index (κ2) is 5.67. The molecule has 2 aliphatic rings. The number of nitrogens with zero attached hydrogens (tertiary/aromatic N) is 2. The van der Waals surface area contributed by atoms with Gasteiger partial charge in [0.2, 0.25) is 0 Å². The van der Waals surface area contributed by atoms with Crippen LogP contribution in [-0.2, 0) is 16.6 Å². The molecule has 0 saturated carbocycles. The molecular formula is C22H22N2O. The van der Waals surface area contributed by atoms with Crippen LogP contribution < -0.4 is 10.6 Å². The first-order chi connectivity index (χ1) is 12.0. The molecule has 2 aromatic heterocycles. The molecule has 0 aliphatic heterocycles. The standard InChI is InChI=1S/C22H22N2O/c1-22(2,3)15-11-12-23-21(13-15)24-19-8-6-5-7-17(19)18-10-9-16(25-4)14-20(18)24/h5,7,11-14H,6,8H2,1-4H3. The average molecular weight is 330 g/mol. The van der Waals surface area contributed by atoms with Crippen LogP contribution in [0.5, 0.6) is 0 Å². The first-order valence-electron chi connectivity index (χ1n) is 8.68. The molecule has 0 bridgehead atoms. The van der Waals surface area contributed by atoms with E-state index < -0.39 is 0 Å². The zero-order valence-electron chi connectivity index (χ0n) is 15.2. The number of aromatic nitrogens is 2. The van der Waals surface area contributed by atoms with Crippen LogP contribution in [0, 0.1) is 0 Å². The van der Waals surface area contributed by atoms with Crippen molar-refractivity contribution in [3.8, 4) is 5.82 Å². The van der Waals surface area contributed by atoms with Crippen molar-refractivity contribution in [2.24, 2.45) is 0 Å². The van der Waals surface area contributed by atoms with Crippen molar-refractivity contribution < 1.29 is 4.74 Å². The quantitative estimate of drug-likeness (QED) is 0.792. The fourth-order valence-corrected chi connectivity index (χ4v) is 3.44. The van der Waals surface area contributed by atoms with E-state index in [1.54, 1.807) is 7.11 Å². The van der Waals surface area contributed by atoms with Crippen molar-refractivity contribution in [3.63, 3.8) is 0 Å². The molecule has 2 aliphatic carbocycles. The van der Waals surface area contributed by atoms with E-state index in [1.165, 1.54) is 16.8 Å². The molecule has 0 N–H and O–H groups in total. The molecule has 0 unspecified atom stereocenters. The molecule has 0 amide bonds. The summed E-state index contributed by atoms with van der Waals surface area (Å²) >= 11 is 0. The third-order valence-corrected chi connectivity index (χ3v) is 4.82. The van der Waals surface area contributed by atoms with E-state index in [9.17, 15) is 0 Å². The fourth-order valence-electron chi connectivity index (χ4n) is 3.44. The molecule has 0 radical (unpaired) electrons. The number of hydrogen-bond acceptors (Lipinski definition) is 2. The van der Waals surface area contributed by atoms with Crippen LogP contribution in [0.15, 0.2) is 35.9 Å². The van der Waals surface area contributed by atoms with Crippen LogP contribution in [0.4, 0.5) is 0 Å². The van der Waals surface area contributed by atoms with Gasteiger partial charge in [-0.1, -0.05) is 38.7 Å². The molecule has 3 nitrogen and oxygen atoms in total. The highest BCUT2D eigenvalue weighted by atomic mass is 16.5. The Morgan fingerprint density at radius 1 is 1.24 bits per heavy atom. The molecule has 2 heterocycles. The molecule has 0 fully saturated rings. The lowest BCUT2D eigenvalue weighted by Crippen LogP contribution is -2.30. The molecule has 25 heavy (non-hydrogen) atoms. The van der Waals surface area contributed by atoms with Gasteiger partial charge in [0.05, 0.1) is 17.7 Å². The van der Waals surface area contributed by atoms with Gasteiger partial charge in [0.1, 0.15) is 5.82 Å². The van der Waals surface area contributed by atoms with Crippen LogP contribution >= 0.6 is 0 Å². The van der Waals surface area contributed by atoms with Crippen LogP contribution in [0.25, 0.3) is 23.7 Å². The van der Waals surface area contributed by atoms with Gasteiger partial charge in [-0.25, -0.2) is 4.98 Å². The number of rotatable bonds is 2. The summed E-state index contributed by atoms with van der Waals surface area (Å²) < 4.78 is 7.64. The van der Waals surface area contributed by atoms with Crippen LogP contribution in [-0.4, -0.2) is 16.7 Å². The van der Waals surface area contributed by atoms with E-state index >= 15 is 0 Å². The molecular weight excluding hydrogens is 308 g/mol. The molecule has 4 rings (SSSR count). The van der Waals surface area contributed by atoms with Crippen molar-refractivity contribution in [1.29, 1.82) is 0 Å². The van der Waals surface area contributed by atoms with Crippen molar-refractivity contribution in [3.05, 3.63) is 63.3 Å². The zero-order valence-corrected chi connectivity index (χ0v) is 15.2. The molecule has 0 aromatic carbocycles. The summed E-state index contributed by atoms with van der Waals surface area (Å²) in [4.78, 5) is 4.68. The predicted octanol–water partition coefficient (Wildman–Crippen LogP) is 2.99. The smallest absolute Gasteiger partial charge is 0.172 e. The maximum Gasteiger partial charge on any atom is 0.172 e. The monoisotopic (exact) mass is 330 g/mol. The first-order valence-corrected chi connectivity index (χ1v) is 8.68. The summed E-state index contributed by atoms with van der Waals surface area (Å²) in [7, 11) is 1.66. The van der Waals surface area contributed by atoms with Gasteiger partial charge in [-0.2, -0.15) is 0 Å². The minimum atomic E-state index is 0.0816. The largest absolute Gasteiger partial charge is 0.489 e. The van der Waals surface area contributed by atoms with Gasteiger partial charge in [0.15, 0.2) is 5.76 Å². The number of fused-ring (bicyclic) bond motifs is 3. The molecule has 3 heteroatoms. The fraction of sp³-hybridized carbons (Fsp3) is 0.318. The van der Waals surface area contributed by atoms with Crippen LogP contribution in [0.3, 0.4) is 0 Å². The number of methoxy groups -OCH3 is 1. The minimum absolute atomic E-state index is 0.0816. The minimum Gasteiger partial charge on any atom is -0.489 e. The van der Waals surface area contributed by atoms with E-state index in [0.717, 1.165) is 29.2 Å². The summed E-state index contributed by atoms with van der Waals surface area (Å²) in [5.74, 6) is 1.65. The Hall–Kier alpha value is -2.73. The van der Waals surface area contributed by atoms with Gasteiger partial charge in [-0.15, -0.1) is 0 Å². The first kappa shape index (κ1) is 15.8. The molecule has 0 saturated heterocycles. The summed E-state index contributed by atoms with van der Waals surface area (Å²) in [6, 6.07) is 4.29. The van der Waals surface area contributed by atoms with Crippen LogP contribution in [0.1, 0.15) is 44.0 Å². The van der Waals surface area contributed by atoms with Gasteiger partial charge in [-0.3, -0.25) is 4.57 Å². The topological polar surface area (TPSA) is 27.1 Å². The van der Waals surface area contributed by atoms with Gasteiger partial charge in [0.25, 0.3) is 0 Å². The number of pyridine rings is 1. The molecule has 2 aromatic rings. The second-order valence-electron chi connectivity index (χ2n) is 7.51. The van der Waals surface area contributed by atoms with E-state index in [4.69, 9.17) is 4.74 Å². The lowest BCUT2D eigenvalue weighted by Gasteiger charge is -2.20. The van der Waals surface area contributed by atoms with Gasteiger partial charge in [0, 0.05) is 23.5 Å². The third-order valence-electron chi connectivity index (χ3n) is 4.82. The lowest BCUT2D eigenvalue weighted by atomic mass is 9.88. The predicted molar refractivity (Wildman–Crippen MR) is 101 cm³/mol. The van der Waals surface area contributed by atoms with Crippen LogP contribution in [0.2, 0.25) is 0 Å². The van der Waals surface area contributed by atoms with Gasteiger partial charge >= 0.3 is 0 Å². The van der Waals surface area contributed by atoms with E-state index in [-0.39, 0.29) is 5.41 Å². The van der Waals surface area contributed by atoms with Crippen molar-refractivity contribution in [1.82, 2.24) is 9.55 Å². The van der Waals surface area contributed by atoms with Crippen molar-refractivity contribution in [2.75, 3.05) is 7.11 Å². The lowest BCUT2D eigenvalue weighted by molar-refractivity contribution is 0.314. The summed E-state index contributed by atoms with van der Waals surface area (Å²) in [6.45, 7) is 6.68. The summed E-state index contributed by atoms with van der Waals surface area (Å²) in [5.41, 5.74) is 10.2. The van der Waals surface area contributed by atoms with Gasteiger partial charge in [-0.05, 0) is 41.7 Å². The number of allylic oxidation sites excluding steroid dienone is 2. The molecule has 126 valence electrons. The zero-order chi connectivity index (χ0) is 17.6. The summed E-state index contributed by atoms with van der Waals surface area (Å²) in [6.07, 6.45) is 10.4. The number of hydrogen-bond donors (Lipinski definition) is 0. The Labute approximate surface area is 148 Å². The highest BCUT2D eigenvalue weighted by Gasteiger charge is 2.20. The van der Waals surface area contributed by atoms with Crippen molar-refractivity contribution in [2.45, 2.75) is 39.0 Å². The Morgan fingerprint density at radius 3 is 2.84 bits per heavy atom. The Bertz CT molecular complexity index is 1080. The van der Waals surface area contributed by atoms with Crippen molar-refractivity contribution >= 4 is 17.9 Å². The van der Waals surface area contributed by atoms with E-state index in [0.29, 0.717) is 5.76 Å². The maximum atomic E-state index is 5.38. The highest BCUT2D eigenvalue weighted by molar-refractivity contribution is 5.63. The highest BCUT2D eigenvalue weighted by Crippen LogP contribution is 2.24. The Morgan fingerprint density at radius 2 is 2.08 bits per heavy atom. The normalized spacial score (nSPS) is 15.0. The van der Waals surface area contributed by atoms with E-state index in [2.05, 4.69) is 66.1 Å². The second-order valence-corrected chi connectivity index (χ2v) is 7.51. The van der Waals surface area contributed by atoms with Gasteiger partial charge < -0.3 is 4.74 Å². The number of ether oxygens (including phenoxy) is 1. The summed E-state index contributed by atoms with van der Waals surface area (Å²) in [5, 5.41) is 2.15. The third kappa shape index (κ3) is 2.59. The average Bonchev–Trinajstić information content (AvgIpc) is 2.94. The molecule has 0 spiro atoms. The SMILES string of the molecule is COC1=C=C=c2c3c(n(-c4cc(C(C)(C)C)ccn4)c2=C1)CCC=C3. The maximum absolute atomic E-state index is 5.38. The Balaban J connectivity index is 2.05. The Kier molecular flexibility index (Phi) is 3.58. The van der Waals surface area contributed by atoms with E-state index in [1.807, 2.05) is 12.3 Å². The molecule has 0 atom stereocenters.